The standard InChI is InChI=1S/C29H25FN8O/c30-20-7-18(8-21(9-20)39-6-5-38-3-1-2-4-38)24-14-31-15-27-22(24)10-26(35-27)29-23-11-25(19-12-32-17-33-13-19)34-16-28(23)36-37-29/h7-17,35H,1-6H2,(H,36,37). The fraction of sp³-hybridized carbons (Fsp3) is 0.207. The minimum Gasteiger partial charge on any atom is -0.492 e. The van der Waals surface area contributed by atoms with Crippen LogP contribution in [-0.2, 0) is 0 Å². The fourth-order valence-corrected chi connectivity index (χ4v) is 5.22. The van der Waals surface area contributed by atoms with E-state index in [9.17, 15) is 4.39 Å². The average molecular weight is 521 g/mol. The molecule has 0 bridgehead atoms. The second kappa shape index (κ2) is 9.88. The first-order valence-corrected chi connectivity index (χ1v) is 12.9. The van der Waals surface area contributed by atoms with Crippen molar-refractivity contribution >= 4 is 21.8 Å². The van der Waals surface area contributed by atoms with Crippen molar-refractivity contribution in [3.05, 3.63) is 73.5 Å². The Morgan fingerprint density at radius 1 is 0.846 bits per heavy atom. The zero-order valence-corrected chi connectivity index (χ0v) is 21.1. The number of aromatic amines is 2. The molecule has 39 heavy (non-hydrogen) atoms. The van der Waals surface area contributed by atoms with E-state index in [0.717, 1.165) is 69.6 Å². The number of hydrogen-bond acceptors (Lipinski definition) is 7. The van der Waals surface area contributed by atoms with Gasteiger partial charge in [0.1, 0.15) is 30.2 Å². The van der Waals surface area contributed by atoms with Crippen LogP contribution in [0.25, 0.3) is 55.6 Å². The summed E-state index contributed by atoms with van der Waals surface area (Å²) in [7, 11) is 0. The smallest absolute Gasteiger partial charge is 0.127 e. The molecule has 2 N–H and O–H groups in total. The van der Waals surface area contributed by atoms with Crippen LogP contribution in [0.3, 0.4) is 0 Å². The summed E-state index contributed by atoms with van der Waals surface area (Å²) in [5.74, 6) is 0.167. The van der Waals surface area contributed by atoms with Gasteiger partial charge in [0.15, 0.2) is 0 Å². The van der Waals surface area contributed by atoms with Crippen LogP contribution in [0.15, 0.2) is 67.6 Å². The van der Waals surface area contributed by atoms with Gasteiger partial charge >= 0.3 is 0 Å². The lowest BCUT2D eigenvalue weighted by Gasteiger charge is -2.15. The second-order valence-electron chi connectivity index (χ2n) is 9.72. The number of H-pyrrole nitrogens is 2. The molecule has 194 valence electrons. The Hall–Kier alpha value is -4.70. The quantitative estimate of drug-likeness (QED) is 0.296. The topological polar surface area (TPSA) is 108 Å². The summed E-state index contributed by atoms with van der Waals surface area (Å²) in [5, 5.41) is 9.44. The van der Waals surface area contributed by atoms with Crippen molar-refractivity contribution in [2.45, 2.75) is 12.8 Å². The van der Waals surface area contributed by atoms with Gasteiger partial charge in [0.25, 0.3) is 0 Å². The Kier molecular flexibility index (Phi) is 5.93. The molecule has 7 rings (SSSR count). The highest BCUT2D eigenvalue weighted by Crippen LogP contribution is 2.35. The van der Waals surface area contributed by atoms with Crippen molar-refractivity contribution in [3.63, 3.8) is 0 Å². The number of halogens is 1. The van der Waals surface area contributed by atoms with Crippen LogP contribution in [0, 0.1) is 5.82 Å². The van der Waals surface area contributed by atoms with E-state index in [4.69, 9.17) is 4.74 Å². The summed E-state index contributed by atoms with van der Waals surface area (Å²) in [6.07, 6.45) is 12.7. The van der Waals surface area contributed by atoms with E-state index in [1.165, 1.54) is 31.3 Å². The van der Waals surface area contributed by atoms with Gasteiger partial charge in [0.2, 0.25) is 0 Å². The lowest BCUT2D eigenvalue weighted by atomic mass is 10.0. The number of fused-ring (bicyclic) bond motifs is 2. The van der Waals surface area contributed by atoms with Crippen molar-refractivity contribution in [3.8, 4) is 39.5 Å². The van der Waals surface area contributed by atoms with Crippen molar-refractivity contribution in [1.29, 1.82) is 0 Å². The molecule has 6 heterocycles. The third-order valence-corrected chi connectivity index (χ3v) is 7.16. The minimum absolute atomic E-state index is 0.348. The zero-order valence-electron chi connectivity index (χ0n) is 21.1. The van der Waals surface area contributed by atoms with Gasteiger partial charge in [-0.3, -0.25) is 20.0 Å². The molecule has 0 unspecified atom stereocenters. The zero-order chi connectivity index (χ0) is 26.2. The summed E-state index contributed by atoms with van der Waals surface area (Å²) in [6.45, 7) is 3.57. The van der Waals surface area contributed by atoms with E-state index in [1.807, 2.05) is 18.2 Å². The minimum atomic E-state index is -0.348. The summed E-state index contributed by atoms with van der Waals surface area (Å²) in [6, 6.07) is 8.81. The number of rotatable bonds is 7. The van der Waals surface area contributed by atoms with E-state index < -0.39 is 0 Å². The SMILES string of the molecule is Fc1cc(OCCN2CCCC2)cc(-c2cncc3[nH]c(-c4n[nH]c5cnc(-c6cncnc6)cc45)cc23)c1. The molecule has 1 saturated heterocycles. The van der Waals surface area contributed by atoms with Gasteiger partial charge in [0.05, 0.1) is 34.8 Å². The first-order chi connectivity index (χ1) is 19.2. The van der Waals surface area contributed by atoms with Crippen LogP contribution in [0.4, 0.5) is 4.39 Å². The largest absolute Gasteiger partial charge is 0.492 e. The van der Waals surface area contributed by atoms with E-state index in [1.54, 1.807) is 31.0 Å². The van der Waals surface area contributed by atoms with Crippen molar-refractivity contribution in [2.75, 3.05) is 26.2 Å². The number of benzene rings is 1. The molecule has 1 aliphatic rings. The first-order valence-electron chi connectivity index (χ1n) is 12.9. The van der Waals surface area contributed by atoms with E-state index in [2.05, 4.69) is 40.0 Å². The van der Waals surface area contributed by atoms with Gasteiger partial charge < -0.3 is 9.72 Å². The molecule has 5 aromatic heterocycles. The maximum absolute atomic E-state index is 14.7. The molecule has 0 amide bonds. The third-order valence-electron chi connectivity index (χ3n) is 7.16. The fourth-order valence-electron chi connectivity index (χ4n) is 5.22. The number of likely N-dealkylation sites (tertiary alicyclic amines) is 1. The molecule has 9 nitrogen and oxygen atoms in total. The highest BCUT2D eigenvalue weighted by Gasteiger charge is 2.16. The monoisotopic (exact) mass is 520 g/mol. The molecule has 1 aliphatic heterocycles. The Morgan fingerprint density at radius 3 is 2.59 bits per heavy atom. The summed E-state index contributed by atoms with van der Waals surface area (Å²) < 4.78 is 20.6. The van der Waals surface area contributed by atoms with Crippen molar-refractivity contribution in [1.82, 2.24) is 40.0 Å². The van der Waals surface area contributed by atoms with Crippen LogP contribution < -0.4 is 4.74 Å². The summed E-state index contributed by atoms with van der Waals surface area (Å²) >= 11 is 0. The molecular formula is C29H25FN8O. The number of nitrogens with zero attached hydrogens (tertiary/aromatic N) is 6. The molecule has 0 aliphatic carbocycles. The van der Waals surface area contributed by atoms with Gasteiger partial charge in [-0.05, 0) is 55.8 Å². The Bertz CT molecular complexity index is 1780. The Balaban J connectivity index is 1.23. The molecule has 0 spiro atoms. The van der Waals surface area contributed by atoms with Crippen LogP contribution >= 0.6 is 0 Å². The predicted molar refractivity (Wildman–Crippen MR) is 147 cm³/mol. The van der Waals surface area contributed by atoms with E-state index in [0.29, 0.717) is 17.9 Å². The summed E-state index contributed by atoms with van der Waals surface area (Å²) in [4.78, 5) is 22.9. The number of nitrogens with one attached hydrogen (secondary N) is 2. The molecule has 1 aromatic carbocycles. The van der Waals surface area contributed by atoms with Gasteiger partial charge in [-0.15, -0.1) is 0 Å². The number of aromatic nitrogens is 7. The summed E-state index contributed by atoms with van der Waals surface area (Å²) in [5.41, 5.74) is 6.28. The number of pyridine rings is 2. The van der Waals surface area contributed by atoms with Crippen LogP contribution in [0.2, 0.25) is 0 Å². The molecule has 10 heteroatoms. The molecule has 0 atom stereocenters. The molecular weight excluding hydrogens is 495 g/mol. The number of hydrogen-bond donors (Lipinski definition) is 2. The van der Waals surface area contributed by atoms with E-state index in [-0.39, 0.29) is 5.82 Å². The normalized spacial score (nSPS) is 14.0. The Morgan fingerprint density at radius 2 is 1.72 bits per heavy atom. The maximum atomic E-state index is 14.7. The van der Waals surface area contributed by atoms with Crippen molar-refractivity contribution < 1.29 is 9.13 Å². The highest BCUT2D eigenvalue weighted by molar-refractivity contribution is 6.01. The molecule has 6 aromatic rings. The molecule has 0 radical (unpaired) electrons. The first kappa shape index (κ1) is 23.4. The number of ether oxygens (including phenoxy) is 1. The lowest BCUT2D eigenvalue weighted by molar-refractivity contribution is 0.237. The predicted octanol–water partition coefficient (Wildman–Crippen LogP) is 5.24. The molecule has 1 fully saturated rings. The average Bonchev–Trinajstić information content (AvgIpc) is 3.72. The lowest BCUT2D eigenvalue weighted by Crippen LogP contribution is -2.25. The van der Waals surface area contributed by atoms with Gasteiger partial charge in [-0.2, -0.15) is 5.10 Å². The highest BCUT2D eigenvalue weighted by atomic mass is 19.1. The van der Waals surface area contributed by atoms with Gasteiger partial charge in [-0.1, -0.05) is 0 Å². The second-order valence-corrected chi connectivity index (χ2v) is 9.72. The maximum Gasteiger partial charge on any atom is 0.127 e. The van der Waals surface area contributed by atoms with E-state index >= 15 is 0 Å². The van der Waals surface area contributed by atoms with Crippen molar-refractivity contribution in [2.24, 2.45) is 0 Å². The van der Waals surface area contributed by atoms with Crippen LogP contribution in [-0.4, -0.2) is 66.3 Å². The van der Waals surface area contributed by atoms with Gasteiger partial charge in [-0.25, -0.2) is 14.4 Å². The third kappa shape index (κ3) is 4.59. The Labute approximate surface area is 223 Å². The van der Waals surface area contributed by atoms with Crippen LogP contribution in [0.1, 0.15) is 12.8 Å². The molecule has 0 saturated carbocycles. The van der Waals surface area contributed by atoms with Crippen LogP contribution in [0.5, 0.6) is 5.75 Å². The van der Waals surface area contributed by atoms with Gasteiger partial charge in [0, 0.05) is 53.1 Å².